The Morgan fingerprint density at radius 3 is 2.08 bits per heavy atom. The van der Waals surface area contributed by atoms with E-state index in [4.69, 9.17) is 16.3 Å². The first-order valence-electron chi connectivity index (χ1n) is 9.69. The van der Waals surface area contributed by atoms with Crippen molar-refractivity contribution in [3.8, 4) is 0 Å². The van der Waals surface area contributed by atoms with E-state index in [1.54, 1.807) is 7.11 Å². The van der Waals surface area contributed by atoms with E-state index in [1.807, 2.05) is 18.4 Å². The van der Waals surface area contributed by atoms with Crippen LogP contribution in [0.25, 0.3) is 0 Å². The van der Waals surface area contributed by atoms with E-state index in [0.29, 0.717) is 0 Å². The molecule has 0 unspecified atom stereocenters. The number of methoxy groups -OCH3 is 1. The monoisotopic (exact) mass is 346 g/mol. The lowest BCUT2D eigenvalue weighted by Gasteiger charge is -2.38. The van der Waals surface area contributed by atoms with Crippen LogP contribution < -0.4 is 0 Å². The molecule has 132 valence electrons. The Morgan fingerprint density at radius 2 is 1.50 bits per heavy atom. The maximum Gasteiger partial charge on any atom is 0.0784 e. The second-order valence-corrected chi connectivity index (χ2v) is 8.22. The Labute approximate surface area is 152 Å². The molecule has 3 rings (SSSR count). The predicted molar refractivity (Wildman–Crippen MR) is 102 cm³/mol. The molecule has 0 aliphatic heterocycles. The number of hydrogen-bond acceptors (Lipinski definition) is 1. The smallest absolute Gasteiger partial charge is 0.0784 e. The molecule has 0 saturated heterocycles. The van der Waals surface area contributed by atoms with Gasteiger partial charge in [-0.3, -0.25) is 0 Å². The van der Waals surface area contributed by atoms with Crippen LogP contribution in [-0.2, 0) is 4.74 Å². The standard InChI is InChI=1S/C22H31ClO/c1-24-16-2-3-17-4-6-18(7-5-17)19-8-10-20(11-9-19)21-12-14-22(23)15-13-21/h2,12-20H,3-11H2,1H3/t17-,18-,19-,20-. The maximum atomic E-state index is 6.02. The second kappa shape index (κ2) is 8.94. The highest BCUT2D eigenvalue weighted by atomic mass is 35.5. The van der Waals surface area contributed by atoms with Crippen LogP contribution in [0.3, 0.4) is 0 Å². The topological polar surface area (TPSA) is 9.23 Å². The summed E-state index contributed by atoms with van der Waals surface area (Å²) in [6, 6.07) is 8.54. The summed E-state index contributed by atoms with van der Waals surface area (Å²) in [6.07, 6.45) is 16.5. The Bertz CT molecular complexity index is 505. The summed E-state index contributed by atoms with van der Waals surface area (Å²) in [5, 5.41) is 0.851. The van der Waals surface area contributed by atoms with Gasteiger partial charge in [-0.05, 0) is 105 Å². The van der Waals surface area contributed by atoms with Crippen LogP contribution >= 0.6 is 11.6 Å². The van der Waals surface area contributed by atoms with Gasteiger partial charge in [0.05, 0.1) is 13.4 Å². The van der Waals surface area contributed by atoms with Crippen LogP contribution in [0, 0.1) is 17.8 Å². The van der Waals surface area contributed by atoms with E-state index in [1.165, 1.54) is 63.4 Å². The van der Waals surface area contributed by atoms with Crippen LogP contribution in [0.2, 0.25) is 5.02 Å². The number of benzene rings is 1. The van der Waals surface area contributed by atoms with Crippen LogP contribution in [0.1, 0.15) is 69.3 Å². The third kappa shape index (κ3) is 4.79. The fourth-order valence-corrected chi connectivity index (χ4v) is 5.02. The summed E-state index contributed by atoms with van der Waals surface area (Å²) in [5.41, 5.74) is 1.49. The zero-order valence-electron chi connectivity index (χ0n) is 14.9. The van der Waals surface area contributed by atoms with E-state index in [2.05, 4.69) is 18.2 Å². The highest BCUT2D eigenvalue weighted by Gasteiger charge is 2.30. The quantitative estimate of drug-likeness (QED) is 0.523. The lowest BCUT2D eigenvalue weighted by atomic mass is 9.68. The third-order valence-electron chi connectivity index (χ3n) is 6.37. The van der Waals surface area contributed by atoms with Gasteiger partial charge in [0.25, 0.3) is 0 Å². The molecule has 0 heterocycles. The van der Waals surface area contributed by atoms with Gasteiger partial charge in [-0.25, -0.2) is 0 Å². The van der Waals surface area contributed by atoms with E-state index in [9.17, 15) is 0 Å². The van der Waals surface area contributed by atoms with Crippen LogP contribution in [-0.4, -0.2) is 7.11 Å². The SMILES string of the molecule is COC=CC[C@H]1CC[C@H]([C@H]2CC[C@H](c3ccc(Cl)cc3)CC2)CC1. The van der Waals surface area contributed by atoms with E-state index in [0.717, 1.165) is 28.7 Å². The minimum Gasteiger partial charge on any atom is -0.505 e. The van der Waals surface area contributed by atoms with Gasteiger partial charge in [0, 0.05) is 5.02 Å². The van der Waals surface area contributed by atoms with Crippen molar-refractivity contribution in [2.24, 2.45) is 17.8 Å². The molecule has 2 aliphatic rings. The molecule has 0 aromatic heterocycles. The van der Waals surface area contributed by atoms with Gasteiger partial charge < -0.3 is 4.74 Å². The van der Waals surface area contributed by atoms with Crippen molar-refractivity contribution < 1.29 is 4.74 Å². The number of hydrogen-bond donors (Lipinski definition) is 0. The summed E-state index contributed by atoms with van der Waals surface area (Å²) < 4.78 is 5.01. The molecule has 1 aromatic rings. The molecule has 2 aliphatic carbocycles. The lowest BCUT2D eigenvalue weighted by Crippen LogP contribution is -2.25. The lowest BCUT2D eigenvalue weighted by molar-refractivity contribution is 0.160. The first-order valence-corrected chi connectivity index (χ1v) is 10.1. The van der Waals surface area contributed by atoms with Crippen molar-refractivity contribution in [1.82, 2.24) is 0 Å². The number of rotatable bonds is 5. The van der Waals surface area contributed by atoms with Crippen molar-refractivity contribution in [3.63, 3.8) is 0 Å². The molecule has 1 nitrogen and oxygen atoms in total. The van der Waals surface area contributed by atoms with Crippen molar-refractivity contribution in [2.75, 3.05) is 7.11 Å². The molecule has 0 atom stereocenters. The van der Waals surface area contributed by atoms with Gasteiger partial charge in [-0.1, -0.05) is 23.7 Å². The summed E-state index contributed by atoms with van der Waals surface area (Å²) in [5.74, 6) is 3.61. The van der Waals surface area contributed by atoms with Crippen molar-refractivity contribution >= 4 is 11.6 Å². The summed E-state index contributed by atoms with van der Waals surface area (Å²) in [6.45, 7) is 0. The Balaban J connectivity index is 1.42. The average molecular weight is 347 g/mol. The number of ether oxygens (including phenoxy) is 1. The molecule has 2 saturated carbocycles. The Morgan fingerprint density at radius 1 is 0.917 bits per heavy atom. The second-order valence-electron chi connectivity index (χ2n) is 7.79. The first-order chi connectivity index (χ1) is 11.8. The molecule has 0 N–H and O–H groups in total. The Kier molecular flexibility index (Phi) is 6.66. The van der Waals surface area contributed by atoms with E-state index < -0.39 is 0 Å². The molecular weight excluding hydrogens is 316 g/mol. The number of allylic oxidation sites excluding steroid dienone is 1. The molecule has 2 heteroatoms. The van der Waals surface area contributed by atoms with Crippen molar-refractivity contribution in [3.05, 3.63) is 47.2 Å². The summed E-state index contributed by atoms with van der Waals surface area (Å²) in [7, 11) is 1.73. The highest BCUT2D eigenvalue weighted by Crippen LogP contribution is 2.44. The molecule has 0 spiro atoms. The molecular formula is C22H31ClO. The van der Waals surface area contributed by atoms with Crippen LogP contribution in [0.15, 0.2) is 36.6 Å². The van der Waals surface area contributed by atoms with E-state index >= 15 is 0 Å². The van der Waals surface area contributed by atoms with Gasteiger partial charge in [-0.15, -0.1) is 0 Å². The molecule has 2 fully saturated rings. The maximum absolute atomic E-state index is 6.02. The van der Waals surface area contributed by atoms with Crippen molar-refractivity contribution in [1.29, 1.82) is 0 Å². The molecule has 1 aromatic carbocycles. The van der Waals surface area contributed by atoms with Crippen LogP contribution in [0.4, 0.5) is 0 Å². The average Bonchev–Trinajstić information content (AvgIpc) is 2.63. The normalized spacial score (nSPS) is 31.2. The summed E-state index contributed by atoms with van der Waals surface area (Å²) >= 11 is 6.02. The van der Waals surface area contributed by atoms with Gasteiger partial charge >= 0.3 is 0 Å². The molecule has 0 bridgehead atoms. The Hall–Kier alpha value is -0.950. The molecule has 0 radical (unpaired) electrons. The van der Waals surface area contributed by atoms with Crippen LogP contribution in [0.5, 0.6) is 0 Å². The predicted octanol–water partition coefficient (Wildman–Crippen LogP) is 6.97. The van der Waals surface area contributed by atoms with Crippen molar-refractivity contribution in [2.45, 2.75) is 63.7 Å². The molecule has 24 heavy (non-hydrogen) atoms. The minimum absolute atomic E-state index is 0.758. The van der Waals surface area contributed by atoms with E-state index in [-0.39, 0.29) is 0 Å². The zero-order chi connectivity index (χ0) is 16.8. The third-order valence-corrected chi connectivity index (χ3v) is 6.63. The fraction of sp³-hybridized carbons (Fsp3) is 0.636. The van der Waals surface area contributed by atoms with Gasteiger partial charge in [0.15, 0.2) is 0 Å². The first kappa shape index (κ1) is 17.9. The van der Waals surface area contributed by atoms with Gasteiger partial charge in [-0.2, -0.15) is 0 Å². The van der Waals surface area contributed by atoms with Gasteiger partial charge in [0.1, 0.15) is 0 Å². The largest absolute Gasteiger partial charge is 0.505 e. The minimum atomic E-state index is 0.758. The number of halogens is 1. The fourth-order valence-electron chi connectivity index (χ4n) is 4.90. The zero-order valence-corrected chi connectivity index (χ0v) is 15.7. The van der Waals surface area contributed by atoms with Gasteiger partial charge in [0.2, 0.25) is 0 Å². The summed E-state index contributed by atoms with van der Waals surface area (Å²) in [4.78, 5) is 0. The molecule has 0 amide bonds. The highest BCUT2D eigenvalue weighted by molar-refractivity contribution is 6.30.